The molecule has 1 heterocycles. The van der Waals surface area contributed by atoms with Crippen LogP contribution in [0.5, 0.6) is 34.5 Å². The molecule has 0 amide bonds. The van der Waals surface area contributed by atoms with Crippen LogP contribution >= 0.6 is 0 Å². The Morgan fingerprint density at radius 2 is 1.40 bits per heavy atom. The Bertz CT molecular complexity index is 1300. The van der Waals surface area contributed by atoms with Gasteiger partial charge >= 0.3 is 0 Å². The maximum Gasteiger partial charge on any atom is 0.170 e. The first-order chi connectivity index (χ1) is 19.3. The van der Waals surface area contributed by atoms with Crippen LogP contribution in [0, 0.1) is 0 Å². The number of aromatic hydroxyl groups is 5. The number of phenols is 5. The van der Waals surface area contributed by atoms with Crippen LogP contribution in [0.3, 0.4) is 0 Å². The molecular formula is C33H40O7. The quantitative estimate of drug-likeness (QED) is 0.108. The van der Waals surface area contributed by atoms with Crippen LogP contribution < -0.4 is 4.74 Å². The van der Waals surface area contributed by atoms with E-state index in [-0.39, 0.29) is 40.6 Å². The van der Waals surface area contributed by atoms with E-state index in [4.69, 9.17) is 4.74 Å². The van der Waals surface area contributed by atoms with E-state index in [1.54, 1.807) is 30.3 Å². The molecule has 1 aliphatic rings. The number of ether oxygens (including phenoxy) is 1. The van der Waals surface area contributed by atoms with E-state index in [2.05, 4.69) is 6.92 Å². The highest BCUT2D eigenvalue weighted by molar-refractivity contribution is 6.02. The number of hydrogen-bond acceptors (Lipinski definition) is 7. The molecule has 0 saturated carbocycles. The van der Waals surface area contributed by atoms with Crippen LogP contribution in [0.2, 0.25) is 0 Å². The molecule has 0 spiro atoms. The number of phenolic OH excluding ortho intramolecular Hbond substituents is 5. The Morgan fingerprint density at radius 1 is 0.775 bits per heavy atom. The smallest absolute Gasteiger partial charge is 0.170 e. The molecule has 7 nitrogen and oxygen atoms in total. The average molecular weight is 549 g/mol. The zero-order valence-electron chi connectivity index (χ0n) is 23.1. The van der Waals surface area contributed by atoms with E-state index in [0.29, 0.717) is 24.2 Å². The summed E-state index contributed by atoms with van der Waals surface area (Å²) in [5.74, 6) is -1.69. The monoisotopic (exact) mass is 548 g/mol. The third kappa shape index (κ3) is 6.82. The second-order valence-electron chi connectivity index (χ2n) is 10.8. The summed E-state index contributed by atoms with van der Waals surface area (Å²) in [6.45, 7) is 2.20. The topological polar surface area (TPSA) is 127 Å². The number of rotatable bonds is 13. The van der Waals surface area contributed by atoms with Gasteiger partial charge in [0.05, 0.1) is 0 Å². The van der Waals surface area contributed by atoms with E-state index in [9.17, 15) is 30.3 Å². The van der Waals surface area contributed by atoms with Crippen LogP contribution in [0.25, 0.3) is 0 Å². The summed E-state index contributed by atoms with van der Waals surface area (Å²) in [5.41, 5.74) is 1.34. The van der Waals surface area contributed by atoms with Crippen LogP contribution in [-0.4, -0.2) is 31.3 Å². The fourth-order valence-corrected chi connectivity index (χ4v) is 5.62. The molecule has 7 heteroatoms. The van der Waals surface area contributed by atoms with Gasteiger partial charge in [-0.1, -0.05) is 76.5 Å². The number of benzene rings is 3. The third-order valence-electron chi connectivity index (χ3n) is 7.79. The number of carbonyl (C=O) groups excluding carboxylic acids is 1. The molecule has 4 rings (SSSR count). The van der Waals surface area contributed by atoms with Gasteiger partial charge in [0.2, 0.25) is 0 Å². The summed E-state index contributed by atoms with van der Waals surface area (Å²) in [7, 11) is 0. The van der Waals surface area contributed by atoms with E-state index >= 15 is 0 Å². The van der Waals surface area contributed by atoms with Gasteiger partial charge in [-0.05, 0) is 36.6 Å². The highest BCUT2D eigenvalue weighted by Gasteiger charge is 2.36. The molecule has 0 aromatic heterocycles. The van der Waals surface area contributed by atoms with Gasteiger partial charge in [0.1, 0.15) is 46.2 Å². The largest absolute Gasteiger partial charge is 0.508 e. The highest BCUT2D eigenvalue weighted by Crippen LogP contribution is 2.52. The molecule has 214 valence electrons. The molecule has 0 bridgehead atoms. The minimum Gasteiger partial charge on any atom is -0.508 e. The van der Waals surface area contributed by atoms with Gasteiger partial charge in [0.25, 0.3) is 0 Å². The molecule has 5 N–H and O–H groups in total. The summed E-state index contributed by atoms with van der Waals surface area (Å²) >= 11 is 0. The molecule has 0 aliphatic carbocycles. The van der Waals surface area contributed by atoms with Crippen molar-refractivity contribution in [1.82, 2.24) is 0 Å². The normalized spacial score (nSPS) is 16.3. The lowest BCUT2D eigenvalue weighted by Gasteiger charge is -2.33. The van der Waals surface area contributed by atoms with Crippen molar-refractivity contribution in [3.8, 4) is 34.5 Å². The lowest BCUT2D eigenvalue weighted by Crippen LogP contribution is -2.20. The fourth-order valence-electron chi connectivity index (χ4n) is 5.62. The minimum atomic E-state index is -0.594. The van der Waals surface area contributed by atoms with Gasteiger partial charge in [0.15, 0.2) is 5.78 Å². The van der Waals surface area contributed by atoms with E-state index in [1.165, 1.54) is 44.2 Å². The summed E-state index contributed by atoms with van der Waals surface area (Å²) in [4.78, 5) is 13.2. The minimum absolute atomic E-state index is 0.000155. The lowest BCUT2D eigenvalue weighted by atomic mass is 9.80. The zero-order valence-corrected chi connectivity index (χ0v) is 23.1. The standard InChI is InChI=1S/C33H40O7/c1-2-3-4-5-6-7-8-9-10-11-26(36)32-28(38)20-27(37)31(33(32)39)25-19-29(21-12-14-22(34)15-13-21)40-30-18-23(35)16-17-24(25)30/h12-18,20,25,29,34-35,37-39H,2-11,19H2,1H3/t25-,29-/m0/s1. The Balaban J connectivity index is 1.54. The summed E-state index contributed by atoms with van der Waals surface area (Å²) in [6, 6.07) is 12.3. The first kappa shape index (κ1) is 29.1. The average Bonchev–Trinajstić information content (AvgIpc) is 2.92. The Hall–Kier alpha value is -3.87. The van der Waals surface area contributed by atoms with E-state index < -0.39 is 23.5 Å². The number of hydrogen-bond donors (Lipinski definition) is 5. The van der Waals surface area contributed by atoms with Gasteiger partial charge < -0.3 is 30.3 Å². The Labute approximate surface area is 235 Å². The first-order valence-corrected chi connectivity index (χ1v) is 14.4. The van der Waals surface area contributed by atoms with Crippen LogP contribution in [0.1, 0.15) is 117 Å². The lowest BCUT2D eigenvalue weighted by molar-refractivity contribution is 0.0973. The Morgan fingerprint density at radius 3 is 2.08 bits per heavy atom. The second-order valence-corrected chi connectivity index (χ2v) is 10.8. The molecule has 2 atom stereocenters. The summed E-state index contributed by atoms with van der Waals surface area (Å²) in [6.07, 6.45) is 9.93. The van der Waals surface area contributed by atoms with Crippen LogP contribution in [0.4, 0.5) is 0 Å². The maximum atomic E-state index is 13.2. The SMILES string of the molecule is CCCCCCCCCCCC(=O)c1c(O)cc(O)c([C@H]2C[C@@H](c3ccc(O)cc3)Oc3cc(O)ccc32)c1O. The third-order valence-corrected chi connectivity index (χ3v) is 7.79. The number of ketones is 1. The van der Waals surface area contributed by atoms with Crippen molar-refractivity contribution in [3.05, 3.63) is 70.8 Å². The van der Waals surface area contributed by atoms with E-state index in [0.717, 1.165) is 30.9 Å². The summed E-state index contributed by atoms with van der Waals surface area (Å²) in [5, 5.41) is 52.6. The molecule has 0 unspecified atom stereocenters. The molecule has 3 aromatic carbocycles. The summed E-state index contributed by atoms with van der Waals surface area (Å²) < 4.78 is 6.16. The predicted octanol–water partition coefficient (Wildman–Crippen LogP) is 7.97. The molecular weight excluding hydrogens is 508 g/mol. The van der Waals surface area contributed by atoms with Gasteiger partial charge in [0, 0.05) is 35.6 Å². The molecule has 1 aliphatic heterocycles. The van der Waals surface area contributed by atoms with Gasteiger partial charge in [-0.3, -0.25) is 4.79 Å². The second kappa shape index (κ2) is 13.5. The van der Waals surface area contributed by atoms with Crippen molar-refractivity contribution in [2.45, 2.75) is 89.6 Å². The fraction of sp³-hybridized carbons (Fsp3) is 0.424. The molecule has 40 heavy (non-hydrogen) atoms. The van der Waals surface area contributed by atoms with Crippen molar-refractivity contribution in [3.63, 3.8) is 0 Å². The first-order valence-electron chi connectivity index (χ1n) is 14.4. The number of Topliss-reactive ketones (excluding diaryl/α,β-unsaturated/α-hetero) is 1. The zero-order chi connectivity index (χ0) is 28.6. The van der Waals surface area contributed by atoms with Gasteiger partial charge in [-0.15, -0.1) is 0 Å². The molecule has 0 fully saturated rings. The van der Waals surface area contributed by atoms with Crippen molar-refractivity contribution in [2.24, 2.45) is 0 Å². The highest BCUT2D eigenvalue weighted by atomic mass is 16.5. The predicted molar refractivity (Wildman–Crippen MR) is 154 cm³/mol. The number of unbranched alkanes of at least 4 members (excludes halogenated alkanes) is 8. The van der Waals surface area contributed by atoms with Crippen molar-refractivity contribution >= 4 is 5.78 Å². The van der Waals surface area contributed by atoms with Crippen molar-refractivity contribution < 1.29 is 35.1 Å². The molecule has 3 aromatic rings. The van der Waals surface area contributed by atoms with Crippen molar-refractivity contribution in [1.29, 1.82) is 0 Å². The van der Waals surface area contributed by atoms with Gasteiger partial charge in [-0.25, -0.2) is 0 Å². The van der Waals surface area contributed by atoms with Crippen LogP contribution in [-0.2, 0) is 0 Å². The maximum absolute atomic E-state index is 13.2. The van der Waals surface area contributed by atoms with Gasteiger partial charge in [-0.2, -0.15) is 0 Å². The van der Waals surface area contributed by atoms with Crippen molar-refractivity contribution in [2.75, 3.05) is 0 Å². The Kier molecular flexibility index (Phi) is 9.80. The molecule has 0 radical (unpaired) electrons. The van der Waals surface area contributed by atoms with Crippen LogP contribution in [0.15, 0.2) is 48.5 Å². The number of carbonyl (C=O) groups is 1. The molecule has 0 saturated heterocycles. The van der Waals surface area contributed by atoms with E-state index in [1.807, 2.05) is 0 Å². The number of fused-ring (bicyclic) bond motifs is 1.